The first kappa shape index (κ1) is 14.0. The van der Waals surface area contributed by atoms with Crippen LogP contribution in [-0.2, 0) is 11.0 Å². The van der Waals surface area contributed by atoms with Crippen LogP contribution in [0.3, 0.4) is 0 Å². The summed E-state index contributed by atoms with van der Waals surface area (Å²) in [4.78, 5) is 14.8. The van der Waals surface area contributed by atoms with E-state index in [2.05, 4.69) is 10.3 Å². The van der Waals surface area contributed by atoms with Gasteiger partial charge in [-0.25, -0.2) is 0 Å². The summed E-state index contributed by atoms with van der Waals surface area (Å²) < 4.78 is 39.1. The monoisotopic (exact) mass is 280 g/mol. The lowest BCUT2D eigenvalue weighted by atomic mass is 10.0. The number of carbonyl (C=O) groups excluding carboxylic acids is 1. The third kappa shape index (κ3) is 3.14. The molecular formula is C14H11F3N2O. The molecule has 6 heteroatoms. The maximum Gasteiger partial charge on any atom is 0.418 e. The van der Waals surface area contributed by atoms with Gasteiger partial charge in [-0.15, -0.1) is 0 Å². The molecule has 0 bridgehead atoms. The molecule has 1 amide bonds. The van der Waals surface area contributed by atoms with Crippen molar-refractivity contribution in [3.05, 3.63) is 48.3 Å². The van der Waals surface area contributed by atoms with Crippen molar-refractivity contribution in [1.29, 1.82) is 0 Å². The first-order chi connectivity index (χ1) is 9.38. The average Bonchev–Trinajstić information content (AvgIpc) is 2.38. The zero-order valence-electron chi connectivity index (χ0n) is 10.5. The van der Waals surface area contributed by atoms with Gasteiger partial charge in [-0.3, -0.25) is 9.78 Å². The quantitative estimate of drug-likeness (QED) is 0.910. The second kappa shape index (κ2) is 5.32. The number of rotatable bonds is 2. The van der Waals surface area contributed by atoms with Crippen LogP contribution in [0.4, 0.5) is 18.9 Å². The minimum Gasteiger partial charge on any atom is -0.326 e. The van der Waals surface area contributed by atoms with Crippen molar-refractivity contribution in [2.45, 2.75) is 13.1 Å². The Hall–Kier alpha value is -2.37. The molecule has 0 atom stereocenters. The first-order valence-corrected chi connectivity index (χ1v) is 5.77. The van der Waals surface area contributed by atoms with Gasteiger partial charge in [0, 0.05) is 19.3 Å². The van der Waals surface area contributed by atoms with Crippen molar-refractivity contribution in [3.63, 3.8) is 0 Å². The Bertz CT molecular complexity index is 624. The maximum absolute atomic E-state index is 13.0. The summed E-state index contributed by atoms with van der Waals surface area (Å²) in [7, 11) is 0. The van der Waals surface area contributed by atoms with E-state index >= 15 is 0 Å². The number of carbonyl (C=O) groups is 1. The summed E-state index contributed by atoms with van der Waals surface area (Å²) >= 11 is 0. The van der Waals surface area contributed by atoms with E-state index in [4.69, 9.17) is 0 Å². The number of pyridine rings is 1. The number of nitrogens with zero attached hydrogens (tertiary/aromatic N) is 1. The van der Waals surface area contributed by atoms with Crippen molar-refractivity contribution < 1.29 is 18.0 Å². The Kier molecular flexibility index (Phi) is 3.74. The molecule has 1 N–H and O–H groups in total. The molecule has 2 aromatic rings. The van der Waals surface area contributed by atoms with Gasteiger partial charge in [-0.2, -0.15) is 13.2 Å². The van der Waals surface area contributed by atoms with Crippen LogP contribution in [0.15, 0.2) is 42.7 Å². The Morgan fingerprint density at radius 2 is 1.75 bits per heavy atom. The van der Waals surface area contributed by atoms with Crippen LogP contribution in [0.1, 0.15) is 12.5 Å². The standard InChI is InChI=1S/C14H11F3N2O/c1-9(20)19-13-3-2-11(8-12(13)14(15,16)17)10-4-6-18-7-5-10/h2-8H,1H3,(H,19,20). The molecule has 1 heterocycles. The number of benzene rings is 1. The highest BCUT2D eigenvalue weighted by atomic mass is 19.4. The molecule has 0 saturated carbocycles. The molecule has 3 nitrogen and oxygen atoms in total. The van der Waals surface area contributed by atoms with Gasteiger partial charge in [0.2, 0.25) is 5.91 Å². The number of amides is 1. The average molecular weight is 280 g/mol. The highest BCUT2D eigenvalue weighted by Gasteiger charge is 2.34. The van der Waals surface area contributed by atoms with Gasteiger partial charge in [-0.1, -0.05) is 6.07 Å². The number of halogens is 3. The molecular weight excluding hydrogens is 269 g/mol. The van der Waals surface area contributed by atoms with Gasteiger partial charge in [0.05, 0.1) is 11.3 Å². The Morgan fingerprint density at radius 3 is 2.30 bits per heavy atom. The van der Waals surface area contributed by atoms with Gasteiger partial charge in [0.15, 0.2) is 0 Å². The lowest BCUT2D eigenvalue weighted by molar-refractivity contribution is -0.136. The van der Waals surface area contributed by atoms with Crippen LogP contribution in [0, 0.1) is 0 Å². The SMILES string of the molecule is CC(=O)Nc1ccc(-c2ccncc2)cc1C(F)(F)F. The van der Waals surface area contributed by atoms with Gasteiger partial charge >= 0.3 is 6.18 Å². The highest BCUT2D eigenvalue weighted by Crippen LogP contribution is 2.37. The molecule has 0 spiro atoms. The zero-order chi connectivity index (χ0) is 14.8. The van der Waals surface area contributed by atoms with E-state index in [1.165, 1.54) is 24.5 Å². The van der Waals surface area contributed by atoms with E-state index in [0.29, 0.717) is 11.1 Å². The lowest BCUT2D eigenvalue weighted by Gasteiger charge is -2.14. The predicted molar refractivity (Wildman–Crippen MR) is 69.0 cm³/mol. The summed E-state index contributed by atoms with van der Waals surface area (Å²) in [6, 6.07) is 7.03. The summed E-state index contributed by atoms with van der Waals surface area (Å²) in [5.41, 5.74) is -0.0847. The number of hydrogen-bond donors (Lipinski definition) is 1. The molecule has 0 fully saturated rings. The number of hydrogen-bond acceptors (Lipinski definition) is 2. The molecule has 0 aliphatic carbocycles. The van der Waals surface area contributed by atoms with Crippen LogP contribution < -0.4 is 5.32 Å². The summed E-state index contributed by atoms with van der Waals surface area (Å²) in [5, 5.41) is 2.19. The van der Waals surface area contributed by atoms with E-state index in [1.807, 2.05) is 0 Å². The van der Waals surface area contributed by atoms with Crippen LogP contribution in [0.5, 0.6) is 0 Å². The normalized spacial score (nSPS) is 11.2. The predicted octanol–water partition coefficient (Wildman–Crippen LogP) is 3.73. The van der Waals surface area contributed by atoms with Crippen LogP contribution >= 0.6 is 0 Å². The molecule has 1 aromatic carbocycles. The van der Waals surface area contributed by atoms with Crippen molar-refractivity contribution in [3.8, 4) is 11.1 Å². The maximum atomic E-state index is 13.0. The van der Waals surface area contributed by atoms with Crippen molar-refractivity contribution in [1.82, 2.24) is 4.98 Å². The van der Waals surface area contributed by atoms with Gasteiger partial charge in [0.1, 0.15) is 0 Å². The summed E-state index contributed by atoms with van der Waals surface area (Å²) in [6.45, 7) is 1.16. The molecule has 2 rings (SSSR count). The topological polar surface area (TPSA) is 42.0 Å². The van der Waals surface area contributed by atoms with Gasteiger partial charge < -0.3 is 5.32 Å². The molecule has 0 saturated heterocycles. The third-order valence-corrected chi connectivity index (χ3v) is 2.65. The van der Waals surface area contributed by atoms with Gasteiger partial charge in [0.25, 0.3) is 0 Å². The Labute approximate surface area is 113 Å². The Balaban J connectivity index is 2.52. The smallest absolute Gasteiger partial charge is 0.326 e. The van der Waals surface area contributed by atoms with Crippen LogP contribution in [0.25, 0.3) is 11.1 Å². The molecule has 0 aliphatic rings. The van der Waals surface area contributed by atoms with Gasteiger partial charge in [-0.05, 0) is 35.4 Å². The van der Waals surface area contributed by atoms with E-state index in [9.17, 15) is 18.0 Å². The van der Waals surface area contributed by atoms with Crippen molar-refractivity contribution in [2.24, 2.45) is 0 Å². The largest absolute Gasteiger partial charge is 0.418 e. The molecule has 20 heavy (non-hydrogen) atoms. The fraction of sp³-hybridized carbons (Fsp3) is 0.143. The second-order valence-electron chi connectivity index (χ2n) is 4.18. The first-order valence-electron chi connectivity index (χ1n) is 5.77. The number of anilines is 1. The zero-order valence-corrected chi connectivity index (χ0v) is 10.5. The van der Waals surface area contributed by atoms with E-state index < -0.39 is 17.6 Å². The lowest BCUT2D eigenvalue weighted by Crippen LogP contribution is -2.14. The summed E-state index contributed by atoms with van der Waals surface area (Å²) in [6.07, 6.45) is -1.53. The molecule has 1 aromatic heterocycles. The van der Waals surface area contributed by atoms with E-state index in [-0.39, 0.29) is 5.69 Å². The molecule has 104 valence electrons. The molecule has 0 radical (unpaired) electrons. The second-order valence-corrected chi connectivity index (χ2v) is 4.18. The number of aromatic nitrogens is 1. The summed E-state index contributed by atoms with van der Waals surface area (Å²) in [5.74, 6) is -0.549. The van der Waals surface area contributed by atoms with E-state index in [1.54, 1.807) is 12.1 Å². The molecule has 0 unspecified atom stereocenters. The Morgan fingerprint density at radius 1 is 1.10 bits per heavy atom. The molecule has 0 aliphatic heterocycles. The van der Waals surface area contributed by atoms with E-state index in [0.717, 1.165) is 13.0 Å². The number of alkyl halides is 3. The third-order valence-electron chi connectivity index (χ3n) is 2.65. The fourth-order valence-electron chi connectivity index (χ4n) is 1.80. The number of nitrogens with one attached hydrogen (secondary N) is 1. The van der Waals surface area contributed by atoms with Crippen LogP contribution in [0.2, 0.25) is 0 Å². The van der Waals surface area contributed by atoms with Crippen LogP contribution in [-0.4, -0.2) is 10.9 Å². The highest BCUT2D eigenvalue weighted by molar-refractivity contribution is 5.90. The fourth-order valence-corrected chi connectivity index (χ4v) is 1.80. The van der Waals surface area contributed by atoms with Crippen molar-refractivity contribution >= 4 is 11.6 Å². The van der Waals surface area contributed by atoms with Crippen molar-refractivity contribution in [2.75, 3.05) is 5.32 Å². The minimum atomic E-state index is -4.54. The minimum absolute atomic E-state index is 0.247.